The second kappa shape index (κ2) is 4.86. The zero-order chi connectivity index (χ0) is 13.4. The van der Waals surface area contributed by atoms with Crippen LogP contribution in [0.3, 0.4) is 0 Å². The fraction of sp³-hybridized carbons (Fsp3) is 0.385. The molecule has 0 aliphatic carbocycles. The van der Waals surface area contributed by atoms with E-state index in [1.165, 1.54) is 5.12 Å². The second-order valence-electron chi connectivity index (χ2n) is 4.58. The summed E-state index contributed by atoms with van der Waals surface area (Å²) in [4.78, 5) is 6.93. The molecule has 2 heterocycles. The highest BCUT2D eigenvalue weighted by atomic mass is 32.2. The molecule has 0 saturated heterocycles. The average Bonchev–Trinajstić information content (AvgIpc) is 2.74. The number of nitrogens with zero attached hydrogens (tertiary/aromatic N) is 4. The maximum Gasteiger partial charge on any atom is 0.188 e. The number of thioether (sulfide) groups is 1. The zero-order valence-electron chi connectivity index (χ0n) is 11.1. The maximum absolute atomic E-state index is 5.97. The van der Waals surface area contributed by atoms with E-state index in [-0.39, 0.29) is 6.17 Å². The van der Waals surface area contributed by atoms with Crippen LogP contribution in [-0.2, 0) is 0 Å². The minimum Gasteiger partial charge on any atom is -0.345 e. The first-order chi connectivity index (χ1) is 9.22. The van der Waals surface area contributed by atoms with Crippen molar-refractivity contribution in [3.63, 3.8) is 0 Å². The summed E-state index contributed by atoms with van der Waals surface area (Å²) in [5.41, 5.74) is 1.11. The molecule has 1 aromatic carbocycles. The van der Waals surface area contributed by atoms with Crippen molar-refractivity contribution >= 4 is 23.3 Å². The third-order valence-corrected chi connectivity index (χ3v) is 3.98. The lowest BCUT2D eigenvalue weighted by Crippen LogP contribution is -2.48. The Morgan fingerprint density at radius 2 is 2.16 bits per heavy atom. The summed E-state index contributed by atoms with van der Waals surface area (Å²) < 4.78 is 0. The van der Waals surface area contributed by atoms with Gasteiger partial charge in [0.1, 0.15) is 6.17 Å². The molecule has 3 rings (SSSR count). The van der Waals surface area contributed by atoms with Crippen molar-refractivity contribution in [2.75, 3.05) is 18.6 Å². The van der Waals surface area contributed by atoms with Crippen LogP contribution in [0.5, 0.6) is 0 Å². The molecule has 0 spiro atoms. The zero-order valence-corrected chi connectivity index (χ0v) is 11.9. The Bertz CT molecular complexity index is 639. The van der Waals surface area contributed by atoms with Crippen molar-refractivity contribution in [3.05, 3.63) is 34.8 Å². The van der Waals surface area contributed by atoms with Crippen LogP contribution in [-0.4, -0.2) is 40.6 Å². The third-order valence-electron chi connectivity index (χ3n) is 3.39. The minimum absolute atomic E-state index is 0.115. The molecule has 0 aromatic heterocycles. The molecule has 0 bridgehead atoms. The topological polar surface area (TPSA) is 57.2 Å². The molecule has 100 valence electrons. The second-order valence-corrected chi connectivity index (χ2v) is 5.57. The van der Waals surface area contributed by atoms with Crippen molar-refractivity contribution in [2.24, 2.45) is 15.9 Å². The highest BCUT2D eigenvalue weighted by Gasteiger charge is 2.32. The molecule has 0 amide bonds. The van der Waals surface area contributed by atoms with E-state index in [4.69, 9.17) is 5.84 Å². The SMILES string of the molecule is CSCCN1C2=c3ccccc3=NN(N)C2=NC1C. The smallest absolute Gasteiger partial charge is 0.188 e. The number of amidine groups is 1. The van der Waals surface area contributed by atoms with Crippen LogP contribution in [0.15, 0.2) is 34.4 Å². The largest absolute Gasteiger partial charge is 0.345 e. The molecule has 6 heteroatoms. The molecule has 1 unspecified atom stereocenters. The van der Waals surface area contributed by atoms with E-state index in [0.717, 1.165) is 34.4 Å². The lowest BCUT2D eigenvalue weighted by Gasteiger charge is -2.26. The Kier molecular flexibility index (Phi) is 3.20. The quantitative estimate of drug-likeness (QED) is 0.785. The monoisotopic (exact) mass is 275 g/mol. The molecular formula is C13H17N5S. The number of nitrogens with two attached hydrogens (primary N) is 1. The van der Waals surface area contributed by atoms with E-state index < -0.39 is 0 Å². The van der Waals surface area contributed by atoms with Crippen LogP contribution in [0.4, 0.5) is 0 Å². The third kappa shape index (κ3) is 2.01. The summed E-state index contributed by atoms with van der Waals surface area (Å²) in [6.45, 7) is 3.06. The Labute approximate surface area is 116 Å². The number of fused-ring (bicyclic) bond motifs is 2. The highest BCUT2D eigenvalue weighted by Crippen LogP contribution is 2.23. The molecule has 0 radical (unpaired) electrons. The Balaban J connectivity index is 2.17. The van der Waals surface area contributed by atoms with Crippen LogP contribution < -0.4 is 16.4 Å². The highest BCUT2D eigenvalue weighted by molar-refractivity contribution is 7.98. The van der Waals surface area contributed by atoms with Gasteiger partial charge in [-0.2, -0.15) is 22.0 Å². The van der Waals surface area contributed by atoms with Gasteiger partial charge in [0.25, 0.3) is 0 Å². The normalized spacial score (nSPS) is 20.9. The Morgan fingerprint density at radius 1 is 1.37 bits per heavy atom. The first-order valence-electron chi connectivity index (χ1n) is 6.29. The first kappa shape index (κ1) is 12.5. The number of benzene rings is 1. The maximum atomic E-state index is 5.97. The predicted molar refractivity (Wildman–Crippen MR) is 78.6 cm³/mol. The van der Waals surface area contributed by atoms with Gasteiger partial charge in [-0.25, -0.2) is 10.8 Å². The first-order valence-corrected chi connectivity index (χ1v) is 7.68. The van der Waals surface area contributed by atoms with Gasteiger partial charge in [0.15, 0.2) is 5.84 Å². The molecule has 2 aliphatic heterocycles. The lowest BCUT2D eigenvalue weighted by molar-refractivity contribution is 0.357. The van der Waals surface area contributed by atoms with Crippen LogP contribution in [0.2, 0.25) is 0 Å². The predicted octanol–water partition coefficient (Wildman–Crippen LogP) is -0.0582. The minimum atomic E-state index is 0.115. The molecule has 0 fully saturated rings. The molecule has 0 saturated carbocycles. The van der Waals surface area contributed by atoms with E-state index in [0.29, 0.717) is 0 Å². The van der Waals surface area contributed by atoms with Gasteiger partial charge in [0.05, 0.1) is 11.1 Å². The van der Waals surface area contributed by atoms with Crippen LogP contribution >= 0.6 is 11.8 Å². The van der Waals surface area contributed by atoms with Gasteiger partial charge in [-0.15, -0.1) is 0 Å². The number of hydrogen-bond acceptors (Lipinski definition) is 6. The standard InChI is InChI=1S/C13H17N5S/c1-9-15-13-12(17(9)7-8-19-2)10-5-3-4-6-11(10)16-18(13)14/h3-6,9H,7-8,14H2,1-2H3. The van der Waals surface area contributed by atoms with Gasteiger partial charge in [0.2, 0.25) is 0 Å². The van der Waals surface area contributed by atoms with Gasteiger partial charge < -0.3 is 4.90 Å². The number of rotatable bonds is 3. The van der Waals surface area contributed by atoms with E-state index in [9.17, 15) is 0 Å². The van der Waals surface area contributed by atoms with Crippen molar-refractivity contribution in [1.82, 2.24) is 10.0 Å². The molecule has 19 heavy (non-hydrogen) atoms. The van der Waals surface area contributed by atoms with Crippen molar-refractivity contribution < 1.29 is 0 Å². The van der Waals surface area contributed by atoms with E-state index in [1.807, 2.05) is 30.0 Å². The summed E-state index contributed by atoms with van der Waals surface area (Å²) in [6, 6.07) is 8.07. The van der Waals surface area contributed by atoms with Crippen molar-refractivity contribution in [1.29, 1.82) is 0 Å². The van der Waals surface area contributed by atoms with E-state index in [2.05, 4.69) is 34.2 Å². The summed E-state index contributed by atoms with van der Waals surface area (Å²) in [6.07, 6.45) is 2.23. The number of hydrazine groups is 1. The van der Waals surface area contributed by atoms with Crippen LogP contribution in [0, 0.1) is 0 Å². The van der Waals surface area contributed by atoms with Crippen molar-refractivity contribution in [2.45, 2.75) is 13.1 Å². The number of aliphatic imine (C=N–C) groups is 1. The molecule has 2 aliphatic rings. The molecule has 2 N–H and O–H groups in total. The van der Waals surface area contributed by atoms with Gasteiger partial charge in [-0.05, 0) is 19.2 Å². The lowest BCUT2D eigenvalue weighted by atomic mass is 10.2. The Morgan fingerprint density at radius 3 is 2.95 bits per heavy atom. The Hall–Kier alpha value is -1.53. The molecule has 1 atom stereocenters. The van der Waals surface area contributed by atoms with Gasteiger partial charge >= 0.3 is 0 Å². The van der Waals surface area contributed by atoms with Crippen LogP contribution in [0.25, 0.3) is 5.70 Å². The van der Waals surface area contributed by atoms with Gasteiger partial charge in [0, 0.05) is 17.5 Å². The molecule has 5 nitrogen and oxygen atoms in total. The summed E-state index contributed by atoms with van der Waals surface area (Å²) >= 11 is 1.84. The fourth-order valence-electron chi connectivity index (χ4n) is 2.48. The van der Waals surface area contributed by atoms with Gasteiger partial charge in [-0.1, -0.05) is 18.2 Å². The summed E-state index contributed by atoms with van der Waals surface area (Å²) in [5, 5.41) is 7.79. The summed E-state index contributed by atoms with van der Waals surface area (Å²) in [5.74, 6) is 7.81. The molecule has 1 aromatic rings. The number of hydrogen-bond donors (Lipinski definition) is 1. The van der Waals surface area contributed by atoms with E-state index >= 15 is 0 Å². The fourth-order valence-corrected chi connectivity index (χ4v) is 2.86. The van der Waals surface area contributed by atoms with Gasteiger partial charge in [-0.3, -0.25) is 0 Å². The summed E-state index contributed by atoms with van der Waals surface area (Å²) in [7, 11) is 0. The van der Waals surface area contributed by atoms with Crippen molar-refractivity contribution in [3.8, 4) is 0 Å². The van der Waals surface area contributed by atoms with Crippen LogP contribution in [0.1, 0.15) is 6.92 Å². The van der Waals surface area contributed by atoms with E-state index in [1.54, 1.807) is 0 Å². The molecular weight excluding hydrogens is 258 g/mol. The average molecular weight is 275 g/mol.